The zero-order chi connectivity index (χ0) is 33.1. The molecular formula is C32H36ClF2NO10. The van der Waals surface area contributed by atoms with Crippen molar-refractivity contribution in [1.29, 1.82) is 0 Å². The summed E-state index contributed by atoms with van der Waals surface area (Å²) in [6, 6.07) is 9.30. The van der Waals surface area contributed by atoms with Gasteiger partial charge >= 0.3 is 0 Å². The third kappa shape index (κ3) is 7.37. The molecule has 2 aliphatic heterocycles. The van der Waals surface area contributed by atoms with Gasteiger partial charge in [0.05, 0.1) is 6.04 Å². The number of carbonyl (C=O) groups is 1. The van der Waals surface area contributed by atoms with Gasteiger partial charge in [0.1, 0.15) is 61.9 Å². The van der Waals surface area contributed by atoms with E-state index in [-0.39, 0.29) is 30.3 Å². The minimum atomic E-state index is -1.97. The van der Waals surface area contributed by atoms with Crippen molar-refractivity contribution in [2.75, 3.05) is 13.4 Å². The predicted octanol–water partition coefficient (Wildman–Crippen LogP) is 2.42. The summed E-state index contributed by atoms with van der Waals surface area (Å²) >= 11 is 5.97. The Morgan fingerprint density at radius 3 is 2.50 bits per heavy atom. The number of aliphatic hydroxyl groups is 4. The Hall–Kier alpha value is -3.14. The Balaban J connectivity index is 1.19. The molecule has 14 heteroatoms. The van der Waals surface area contributed by atoms with Crippen LogP contribution < -0.4 is 14.8 Å². The summed E-state index contributed by atoms with van der Waals surface area (Å²) in [5, 5.41) is 44.9. The van der Waals surface area contributed by atoms with Gasteiger partial charge in [-0.15, -0.1) is 0 Å². The Morgan fingerprint density at radius 1 is 1.07 bits per heavy atom. The molecule has 5 rings (SSSR count). The lowest BCUT2D eigenvalue weighted by Crippen LogP contribution is -2.67. The first-order valence-corrected chi connectivity index (χ1v) is 15.1. The zero-order valence-corrected chi connectivity index (χ0v) is 25.7. The Labute approximate surface area is 268 Å². The first-order valence-electron chi connectivity index (χ1n) is 14.8. The summed E-state index contributed by atoms with van der Waals surface area (Å²) in [6.07, 6.45) is -8.85. The van der Waals surface area contributed by atoms with Crippen molar-refractivity contribution in [1.82, 2.24) is 5.32 Å². The highest BCUT2D eigenvalue weighted by molar-refractivity contribution is 6.30. The van der Waals surface area contributed by atoms with Crippen LogP contribution in [0.3, 0.4) is 0 Å². The van der Waals surface area contributed by atoms with Gasteiger partial charge in [-0.2, -0.15) is 0 Å². The molecule has 3 fully saturated rings. The number of rotatable bonds is 10. The third-order valence-corrected chi connectivity index (χ3v) is 8.42. The van der Waals surface area contributed by atoms with E-state index in [1.807, 2.05) is 6.92 Å². The zero-order valence-electron chi connectivity index (χ0n) is 25.0. The molecule has 5 N–H and O–H groups in total. The van der Waals surface area contributed by atoms with Crippen molar-refractivity contribution in [2.45, 2.75) is 81.5 Å². The summed E-state index contributed by atoms with van der Waals surface area (Å²) < 4.78 is 57.4. The van der Waals surface area contributed by atoms with Crippen LogP contribution in [0.15, 0.2) is 59.7 Å². The van der Waals surface area contributed by atoms with E-state index >= 15 is 8.78 Å². The van der Waals surface area contributed by atoms with Crippen molar-refractivity contribution < 1.29 is 57.7 Å². The van der Waals surface area contributed by atoms with E-state index in [2.05, 4.69) is 5.32 Å². The monoisotopic (exact) mass is 667 g/mol. The molecule has 0 spiro atoms. The highest BCUT2D eigenvalue weighted by atomic mass is 35.5. The third-order valence-electron chi connectivity index (χ3n) is 8.18. The molecule has 0 aromatic heterocycles. The van der Waals surface area contributed by atoms with Gasteiger partial charge in [0, 0.05) is 10.6 Å². The predicted molar refractivity (Wildman–Crippen MR) is 160 cm³/mol. The number of halogens is 3. The fourth-order valence-electron chi connectivity index (χ4n) is 5.66. The largest absolute Gasteiger partial charge is 0.489 e. The quantitative estimate of drug-likeness (QED) is 0.188. The van der Waals surface area contributed by atoms with Crippen molar-refractivity contribution in [2.24, 2.45) is 0 Å². The molecule has 1 saturated carbocycles. The molecule has 2 aromatic rings. The number of hydrogen-bond acceptors (Lipinski definition) is 10. The van der Waals surface area contributed by atoms with E-state index in [4.69, 9.17) is 35.3 Å². The van der Waals surface area contributed by atoms with Gasteiger partial charge in [-0.3, -0.25) is 4.79 Å². The van der Waals surface area contributed by atoms with Gasteiger partial charge in [-0.05, 0) is 67.0 Å². The number of hydrogen-bond donors (Lipinski definition) is 5. The average Bonchev–Trinajstić information content (AvgIpc) is 3.63. The number of fused-ring (bicyclic) bond motifs is 1. The number of alkyl halides is 1. The molecule has 3 aliphatic rings. The number of aliphatic hydroxyl groups excluding tert-OH is 4. The van der Waals surface area contributed by atoms with Gasteiger partial charge in [0.15, 0.2) is 17.7 Å². The van der Waals surface area contributed by atoms with Crippen LogP contribution in [0.2, 0.25) is 5.02 Å². The van der Waals surface area contributed by atoms with Crippen LogP contribution in [0.4, 0.5) is 8.78 Å². The molecule has 250 valence electrons. The number of benzene rings is 2. The second kappa shape index (κ2) is 14.7. The maximum Gasteiger partial charge on any atom is 0.247 e. The van der Waals surface area contributed by atoms with Crippen LogP contribution in [-0.2, 0) is 19.0 Å². The van der Waals surface area contributed by atoms with Crippen LogP contribution in [0, 0.1) is 5.82 Å². The molecule has 0 bridgehead atoms. The highest BCUT2D eigenvalue weighted by Crippen LogP contribution is 2.33. The van der Waals surface area contributed by atoms with Crippen LogP contribution in [0.1, 0.15) is 25.8 Å². The molecule has 11 nitrogen and oxygen atoms in total. The number of amides is 1. The molecule has 0 radical (unpaired) electrons. The average molecular weight is 668 g/mol. The lowest BCUT2D eigenvalue weighted by atomic mass is 9.83. The van der Waals surface area contributed by atoms with Gasteiger partial charge < -0.3 is 49.4 Å². The molecule has 1 amide bonds. The van der Waals surface area contributed by atoms with E-state index in [1.54, 1.807) is 30.3 Å². The molecule has 10 atom stereocenters. The van der Waals surface area contributed by atoms with Crippen molar-refractivity contribution >= 4 is 23.6 Å². The SMILES string of the molecule is CCC(=CCOc1cccc(Cl)c1)[C@H]1O[C@@H](Oc2ccc(C=C(C)C(=O)N[C@@H]3[C@H](O)[C@@H](O)[C@H]4OCO[C@H]4[C@@H]3O)cc2F)[C@@H](F)[C@@H]1O. The minimum Gasteiger partial charge on any atom is -0.489 e. The van der Waals surface area contributed by atoms with Crippen molar-refractivity contribution in [3.8, 4) is 11.5 Å². The normalized spacial score (nSPS) is 33.1. The Bertz CT molecular complexity index is 1460. The van der Waals surface area contributed by atoms with Gasteiger partial charge in [0.2, 0.25) is 12.2 Å². The topological polar surface area (TPSA) is 156 Å². The van der Waals surface area contributed by atoms with E-state index in [1.165, 1.54) is 25.1 Å². The molecule has 2 aromatic carbocycles. The molecular weight excluding hydrogens is 632 g/mol. The van der Waals surface area contributed by atoms with E-state index in [9.17, 15) is 25.2 Å². The van der Waals surface area contributed by atoms with Crippen LogP contribution in [0.5, 0.6) is 11.5 Å². The number of carbonyl (C=O) groups excluding carboxylic acids is 1. The van der Waals surface area contributed by atoms with E-state index in [0.717, 1.165) is 6.07 Å². The molecule has 1 aliphatic carbocycles. The maximum absolute atomic E-state index is 15.0. The van der Waals surface area contributed by atoms with Crippen LogP contribution in [0.25, 0.3) is 6.08 Å². The Morgan fingerprint density at radius 2 is 1.80 bits per heavy atom. The Kier molecular flexibility index (Phi) is 11.0. The fourth-order valence-corrected chi connectivity index (χ4v) is 5.84. The summed E-state index contributed by atoms with van der Waals surface area (Å²) in [4.78, 5) is 12.8. The van der Waals surface area contributed by atoms with E-state index in [0.29, 0.717) is 22.8 Å². The molecule has 2 heterocycles. The van der Waals surface area contributed by atoms with Crippen molar-refractivity contribution in [3.05, 3.63) is 76.1 Å². The first kappa shape index (κ1) is 34.2. The number of nitrogens with one attached hydrogen (secondary N) is 1. The van der Waals surface area contributed by atoms with Crippen LogP contribution >= 0.6 is 11.6 Å². The summed E-state index contributed by atoms with van der Waals surface area (Å²) in [7, 11) is 0. The molecule has 46 heavy (non-hydrogen) atoms. The summed E-state index contributed by atoms with van der Waals surface area (Å²) in [5.74, 6) is -1.36. The first-order chi connectivity index (χ1) is 22.0. The van der Waals surface area contributed by atoms with Crippen molar-refractivity contribution in [3.63, 3.8) is 0 Å². The summed E-state index contributed by atoms with van der Waals surface area (Å²) in [6.45, 7) is 3.20. The summed E-state index contributed by atoms with van der Waals surface area (Å²) in [5.41, 5.74) is 0.928. The maximum atomic E-state index is 15.0. The fraction of sp³-hybridized carbons (Fsp3) is 0.469. The van der Waals surface area contributed by atoms with Gasteiger partial charge in [-0.1, -0.05) is 30.7 Å². The van der Waals surface area contributed by atoms with E-state index < -0.39 is 73.0 Å². The molecule has 2 saturated heterocycles. The van der Waals surface area contributed by atoms with Gasteiger partial charge in [-0.25, -0.2) is 8.78 Å². The standard InChI is InChI=1S/C32H36ClF2NO10/c1-3-17(9-10-42-19-6-4-5-18(33)13-19)28-24(37)22(35)32(46-28)45-21-8-7-16(12-20(21)34)11-15(2)31(41)36-23-25(38)27(40)30-29(26(23)39)43-14-44-30/h4-9,11-13,22-30,32,37-40H,3,10,14H2,1-2H3,(H,36,41)/t22-,23+,24-,25-,26+,27+,28+,29-,30+,32+/m0/s1. The lowest BCUT2D eigenvalue weighted by molar-refractivity contribution is -0.155. The minimum absolute atomic E-state index is 0.0970. The number of ether oxygens (including phenoxy) is 5. The second-order valence-corrected chi connectivity index (χ2v) is 11.7. The highest BCUT2D eigenvalue weighted by Gasteiger charge is 2.53. The smallest absolute Gasteiger partial charge is 0.247 e. The second-order valence-electron chi connectivity index (χ2n) is 11.2. The lowest BCUT2D eigenvalue weighted by Gasteiger charge is -2.41. The molecule has 0 unspecified atom stereocenters. The van der Waals surface area contributed by atoms with Crippen LogP contribution in [-0.4, -0.2) is 101 Å². The van der Waals surface area contributed by atoms with Gasteiger partial charge in [0.25, 0.3) is 0 Å².